The van der Waals surface area contributed by atoms with E-state index in [1.165, 1.54) is 19.3 Å². The molecule has 14 heteroatoms. The molecule has 0 heterocycles. The number of hydrogen-bond donors (Lipinski definition) is 6. The van der Waals surface area contributed by atoms with Gasteiger partial charge in [0.05, 0.1) is 0 Å². The van der Waals surface area contributed by atoms with Gasteiger partial charge in [-0.2, -0.15) is 13.2 Å². The summed E-state index contributed by atoms with van der Waals surface area (Å²) in [7, 11) is 0. The summed E-state index contributed by atoms with van der Waals surface area (Å²) < 4.78 is 31.7. The van der Waals surface area contributed by atoms with Gasteiger partial charge in [0.2, 0.25) is 17.7 Å². The Morgan fingerprint density at radius 3 is 1.90 bits per heavy atom. The molecule has 4 fully saturated rings. The van der Waals surface area contributed by atoms with E-state index in [-0.39, 0.29) is 23.7 Å². The number of primary amides is 1. The highest BCUT2D eigenvalue weighted by molar-refractivity contribution is 5.93. The third kappa shape index (κ3) is 9.08. The molecule has 232 valence electrons. The normalized spacial score (nSPS) is 25.3. The summed E-state index contributed by atoms with van der Waals surface area (Å²) in [6, 6.07) is 7.71. The molecule has 4 bridgehead atoms. The van der Waals surface area contributed by atoms with Crippen molar-refractivity contribution in [1.29, 1.82) is 0 Å². The first-order chi connectivity index (χ1) is 19.7. The van der Waals surface area contributed by atoms with E-state index in [0.717, 1.165) is 24.8 Å². The molecular formula is C28H39F3N6O5. The van der Waals surface area contributed by atoms with E-state index in [0.29, 0.717) is 37.1 Å². The highest BCUT2D eigenvalue weighted by atomic mass is 19.4. The van der Waals surface area contributed by atoms with Crippen molar-refractivity contribution in [2.45, 2.75) is 76.0 Å². The van der Waals surface area contributed by atoms with E-state index in [1.54, 1.807) is 0 Å². The quantitative estimate of drug-likeness (QED) is 0.126. The molecule has 4 aliphatic rings. The monoisotopic (exact) mass is 596 g/mol. The molecular weight excluding hydrogens is 557 g/mol. The number of nitrogens with two attached hydrogens (primary N) is 3. The summed E-state index contributed by atoms with van der Waals surface area (Å²) >= 11 is 0. The molecule has 4 saturated carbocycles. The summed E-state index contributed by atoms with van der Waals surface area (Å²) in [4.78, 5) is 51.9. The number of alkyl halides is 3. The fraction of sp³-hybridized carbons (Fsp3) is 0.607. The predicted molar refractivity (Wildman–Crippen MR) is 147 cm³/mol. The number of hydrogen-bond acceptors (Lipinski definition) is 5. The summed E-state index contributed by atoms with van der Waals surface area (Å²) in [6.07, 6.45) is 2.49. The van der Waals surface area contributed by atoms with Crippen molar-refractivity contribution in [3.63, 3.8) is 0 Å². The van der Waals surface area contributed by atoms with Gasteiger partial charge in [-0.15, -0.1) is 0 Å². The van der Waals surface area contributed by atoms with Crippen LogP contribution in [-0.2, 0) is 25.6 Å². The molecule has 9 N–H and O–H groups in total. The average Bonchev–Trinajstić information content (AvgIpc) is 2.89. The predicted octanol–water partition coefficient (Wildman–Crippen LogP) is 1.59. The second-order valence-electron chi connectivity index (χ2n) is 11.6. The van der Waals surface area contributed by atoms with Crippen LogP contribution in [0.1, 0.15) is 56.9 Å². The number of carboxylic acid groups (broad SMARTS) is 1. The van der Waals surface area contributed by atoms with Gasteiger partial charge in [0.1, 0.15) is 12.1 Å². The van der Waals surface area contributed by atoms with E-state index in [2.05, 4.69) is 15.6 Å². The Balaban J connectivity index is 0.000000616. The van der Waals surface area contributed by atoms with Gasteiger partial charge >= 0.3 is 12.1 Å². The van der Waals surface area contributed by atoms with Crippen molar-refractivity contribution >= 4 is 29.7 Å². The Morgan fingerprint density at radius 1 is 0.929 bits per heavy atom. The maximum absolute atomic E-state index is 13.6. The van der Waals surface area contributed by atoms with E-state index in [4.69, 9.17) is 27.1 Å². The minimum absolute atomic E-state index is 0.0137. The van der Waals surface area contributed by atoms with Crippen molar-refractivity contribution < 1.29 is 37.5 Å². The Morgan fingerprint density at radius 2 is 1.45 bits per heavy atom. The summed E-state index contributed by atoms with van der Waals surface area (Å²) in [5.74, 6) is -1.98. The van der Waals surface area contributed by atoms with Gasteiger partial charge in [0, 0.05) is 18.4 Å². The molecule has 11 nitrogen and oxygen atoms in total. The first kappa shape index (κ1) is 32.7. The van der Waals surface area contributed by atoms with Crippen molar-refractivity contribution in [1.82, 2.24) is 10.6 Å². The topological polar surface area (TPSA) is 203 Å². The van der Waals surface area contributed by atoms with E-state index in [9.17, 15) is 27.6 Å². The molecule has 0 aliphatic heterocycles. The van der Waals surface area contributed by atoms with E-state index < -0.39 is 36.0 Å². The lowest BCUT2D eigenvalue weighted by molar-refractivity contribution is -0.192. The first-order valence-electron chi connectivity index (χ1n) is 14.0. The van der Waals surface area contributed by atoms with Crippen LogP contribution >= 0.6 is 0 Å². The fourth-order valence-electron chi connectivity index (χ4n) is 6.82. The smallest absolute Gasteiger partial charge is 0.475 e. The van der Waals surface area contributed by atoms with Crippen LogP contribution in [0.3, 0.4) is 0 Å². The van der Waals surface area contributed by atoms with Crippen LogP contribution in [0.2, 0.25) is 0 Å². The number of carboxylic acids is 1. The Hall–Kier alpha value is -3.84. The Bertz CT molecular complexity index is 1120. The third-order valence-corrected chi connectivity index (χ3v) is 8.27. The first-order valence-corrected chi connectivity index (χ1v) is 14.0. The molecule has 42 heavy (non-hydrogen) atoms. The number of aliphatic imine (C=N–C) groups is 1. The van der Waals surface area contributed by atoms with Gasteiger partial charge in [0.15, 0.2) is 5.96 Å². The Kier molecular flexibility index (Phi) is 10.8. The number of nitrogens with one attached hydrogen (secondary N) is 2. The van der Waals surface area contributed by atoms with Crippen LogP contribution in [-0.4, -0.2) is 59.6 Å². The number of halogens is 3. The number of carbonyl (C=O) groups excluding carboxylic acids is 3. The molecule has 1 aromatic carbocycles. The van der Waals surface area contributed by atoms with Crippen molar-refractivity contribution in [3.8, 4) is 0 Å². The molecule has 0 saturated heterocycles. The maximum Gasteiger partial charge on any atom is 0.490 e. The summed E-state index contributed by atoms with van der Waals surface area (Å²) in [5, 5.41) is 13.0. The van der Waals surface area contributed by atoms with Gasteiger partial charge in [-0.1, -0.05) is 30.3 Å². The van der Waals surface area contributed by atoms with Crippen molar-refractivity contribution in [2.24, 2.45) is 45.4 Å². The molecule has 4 aliphatic carbocycles. The summed E-state index contributed by atoms with van der Waals surface area (Å²) in [6.45, 7) is 0.350. The largest absolute Gasteiger partial charge is 0.490 e. The molecule has 1 aromatic rings. The van der Waals surface area contributed by atoms with Gasteiger partial charge in [-0.05, 0) is 74.7 Å². The minimum Gasteiger partial charge on any atom is -0.475 e. The van der Waals surface area contributed by atoms with Crippen LogP contribution in [0.25, 0.3) is 0 Å². The number of guanidine groups is 1. The van der Waals surface area contributed by atoms with Crippen molar-refractivity contribution in [2.75, 3.05) is 6.54 Å². The van der Waals surface area contributed by atoms with Crippen LogP contribution < -0.4 is 27.8 Å². The number of nitrogens with zero attached hydrogens (tertiary/aromatic N) is 1. The van der Waals surface area contributed by atoms with Gasteiger partial charge < -0.3 is 32.9 Å². The number of rotatable bonds is 11. The SMILES string of the molecule is NC(=O)[C@H](Cc1ccccc1)NC(=O)[C@H](CCCN=C(N)N)NC(=O)C12CC3CC(CC(C3)C1)C2.O=C(O)C(F)(F)F. The van der Waals surface area contributed by atoms with Gasteiger partial charge in [-0.3, -0.25) is 19.4 Å². The molecule has 0 spiro atoms. The molecule has 5 rings (SSSR count). The maximum atomic E-state index is 13.6. The van der Waals surface area contributed by atoms with Crippen LogP contribution in [0.5, 0.6) is 0 Å². The van der Waals surface area contributed by atoms with Gasteiger partial charge in [0.25, 0.3) is 0 Å². The lowest BCUT2D eigenvalue weighted by Gasteiger charge is -2.55. The number of amides is 3. The highest BCUT2D eigenvalue weighted by Gasteiger charge is 2.55. The van der Waals surface area contributed by atoms with Crippen LogP contribution in [0.4, 0.5) is 13.2 Å². The third-order valence-electron chi connectivity index (χ3n) is 8.27. The number of carbonyl (C=O) groups is 4. The van der Waals surface area contributed by atoms with E-state index >= 15 is 0 Å². The molecule has 0 aromatic heterocycles. The second-order valence-corrected chi connectivity index (χ2v) is 11.6. The number of aliphatic carboxylic acids is 1. The fourth-order valence-corrected chi connectivity index (χ4v) is 6.82. The zero-order chi connectivity index (χ0) is 31.1. The highest BCUT2D eigenvalue weighted by Crippen LogP contribution is 2.60. The zero-order valence-corrected chi connectivity index (χ0v) is 23.2. The lowest BCUT2D eigenvalue weighted by atomic mass is 9.49. The van der Waals surface area contributed by atoms with Crippen LogP contribution in [0, 0.1) is 23.2 Å². The molecule has 0 radical (unpaired) electrons. The molecule has 2 atom stereocenters. The average molecular weight is 597 g/mol. The van der Waals surface area contributed by atoms with Crippen molar-refractivity contribution in [3.05, 3.63) is 35.9 Å². The standard InChI is InChI=1S/C26H38N6O3.C2HF3O2/c27-22(33)21(12-16-5-2-1-3-6-16)31-23(34)20(7-4-8-30-25(28)29)32-24(35)26-13-17-9-18(14-26)11-19(10-17)15-26;3-2(4,5)1(6)7/h1-3,5-6,17-21H,4,7-15H2,(H2,27,33)(H,31,34)(H,32,35)(H4,28,29,30);(H,6,7)/t17?,18?,19?,20-,21-,26?;/m0./s1. The number of benzene rings is 1. The lowest BCUT2D eigenvalue weighted by Crippen LogP contribution is -2.58. The second kappa shape index (κ2) is 13.9. The molecule has 3 amide bonds. The van der Waals surface area contributed by atoms with Gasteiger partial charge in [-0.25, -0.2) is 4.79 Å². The summed E-state index contributed by atoms with van der Waals surface area (Å²) in [5.41, 5.74) is 17.0. The minimum atomic E-state index is -5.08. The molecule has 0 unspecified atom stereocenters. The van der Waals surface area contributed by atoms with E-state index in [1.807, 2.05) is 30.3 Å². The van der Waals surface area contributed by atoms with Crippen LogP contribution in [0.15, 0.2) is 35.3 Å². The Labute approximate surface area is 241 Å². The zero-order valence-electron chi connectivity index (χ0n) is 23.2.